The highest BCUT2D eigenvalue weighted by molar-refractivity contribution is 5.87. The van der Waals surface area contributed by atoms with Gasteiger partial charge in [-0.25, -0.2) is 0 Å². The molecule has 3 N–H and O–H groups in total. The van der Waals surface area contributed by atoms with E-state index in [1.54, 1.807) is 7.11 Å². The van der Waals surface area contributed by atoms with E-state index < -0.39 is 0 Å². The number of aryl methyl sites for hydroxylation is 2. The number of rotatable bonds is 4. The zero-order valence-corrected chi connectivity index (χ0v) is 14.1. The topological polar surface area (TPSA) is 73.3 Å². The maximum Gasteiger partial charge on any atom is 0.141 e. The molecular weight excluding hydrogens is 290 g/mol. The van der Waals surface area contributed by atoms with Crippen LogP contribution in [0.4, 0.5) is 11.4 Å². The molecule has 1 aliphatic rings. The van der Waals surface area contributed by atoms with Crippen molar-refractivity contribution >= 4 is 11.4 Å². The quantitative estimate of drug-likeness (QED) is 0.837. The number of nitrogen functional groups attached to an aromatic ring is 1. The van der Waals surface area contributed by atoms with Gasteiger partial charge in [-0.15, -0.1) is 0 Å². The molecule has 0 spiro atoms. The molecule has 1 heterocycles. The van der Waals surface area contributed by atoms with Crippen LogP contribution in [-0.2, 0) is 4.74 Å². The predicted octanol–water partition coefficient (Wildman–Crippen LogP) is 3.91. The fraction of sp³-hybridized carbons (Fsp3) is 0.500. The number of methoxy groups -OCH3 is 1. The van der Waals surface area contributed by atoms with Crippen LogP contribution in [0.2, 0.25) is 0 Å². The number of anilines is 2. The van der Waals surface area contributed by atoms with Crippen molar-refractivity contribution in [1.29, 1.82) is 0 Å². The number of aromatic nitrogens is 1. The van der Waals surface area contributed by atoms with Crippen LogP contribution in [0.3, 0.4) is 0 Å². The first-order valence-corrected chi connectivity index (χ1v) is 8.21. The highest BCUT2D eigenvalue weighted by Gasteiger charge is 2.22. The number of benzene rings is 1. The summed E-state index contributed by atoms with van der Waals surface area (Å²) in [4.78, 5) is 0. The zero-order chi connectivity index (χ0) is 16.4. The molecule has 1 fully saturated rings. The summed E-state index contributed by atoms with van der Waals surface area (Å²) in [5, 5.41) is 7.64. The lowest BCUT2D eigenvalue weighted by molar-refractivity contribution is 0.0682. The van der Waals surface area contributed by atoms with Crippen LogP contribution in [-0.4, -0.2) is 24.4 Å². The van der Waals surface area contributed by atoms with E-state index in [2.05, 4.69) is 10.5 Å². The predicted molar refractivity (Wildman–Crippen MR) is 92.5 cm³/mol. The highest BCUT2D eigenvalue weighted by Crippen LogP contribution is 2.36. The van der Waals surface area contributed by atoms with Crippen LogP contribution in [0.5, 0.6) is 0 Å². The van der Waals surface area contributed by atoms with E-state index >= 15 is 0 Å². The van der Waals surface area contributed by atoms with E-state index in [1.165, 1.54) is 0 Å². The van der Waals surface area contributed by atoms with Crippen molar-refractivity contribution in [3.05, 3.63) is 29.7 Å². The summed E-state index contributed by atoms with van der Waals surface area (Å²) < 4.78 is 10.7. The molecule has 5 heteroatoms. The molecular formula is C18H25N3O2. The normalized spacial score (nSPS) is 21.3. The first kappa shape index (κ1) is 15.9. The molecule has 0 radical (unpaired) electrons. The average Bonchev–Trinajstić information content (AvgIpc) is 2.89. The molecule has 3 rings (SSSR count). The third-order valence-electron chi connectivity index (χ3n) is 4.78. The smallest absolute Gasteiger partial charge is 0.141 e. The van der Waals surface area contributed by atoms with Crippen LogP contribution in [0.1, 0.15) is 37.1 Å². The van der Waals surface area contributed by atoms with Crippen LogP contribution >= 0.6 is 0 Å². The van der Waals surface area contributed by atoms with Gasteiger partial charge in [-0.05, 0) is 45.6 Å². The third kappa shape index (κ3) is 3.20. The Hall–Kier alpha value is -2.01. The van der Waals surface area contributed by atoms with Crippen molar-refractivity contribution in [3.63, 3.8) is 0 Å². The number of ether oxygens (including phenoxy) is 1. The Kier molecular flexibility index (Phi) is 4.57. The molecule has 0 aliphatic heterocycles. The summed E-state index contributed by atoms with van der Waals surface area (Å²) in [5.74, 6) is 0.798. The maximum absolute atomic E-state index is 6.43. The monoisotopic (exact) mass is 315 g/mol. The average molecular weight is 315 g/mol. The Morgan fingerprint density at radius 1 is 1.22 bits per heavy atom. The Bertz CT molecular complexity index is 653. The van der Waals surface area contributed by atoms with Gasteiger partial charge in [-0.1, -0.05) is 17.3 Å². The van der Waals surface area contributed by atoms with Crippen LogP contribution in [0, 0.1) is 13.8 Å². The second-order valence-corrected chi connectivity index (χ2v) is 6.32. The highest BCUT2D eigenvalue weighted by atomic mass is 16.5. The number of nitrogens with two attached hydrogens (primary N) is 1. The van der Waals surface area contributed by atoms with Gasteiger partial charge >= 0.3 is 0 Å². The summed E-state index contributed by atoms with van der Waals surface area (Å²) in [7, 11) is 1.80. The van der Waals surface area contributed by atoms with Gasteiger partial charge in [0, 0.05) is 24.3 Å². The van der Waals surface area contributed by atoms with Gasteiger partial charge < -0.3 is 20.3 Å². The molecule has 5 nitrogen and oxygen atoms in total. The van der Waals surface area contributed by atoms with E-state index in [4.69, 9.17) is 15.0 Å². The standard InChI is InChI=1S/C18H25N3O2/c1-11-17(12(2)23-21-11)15-5-4-6-16(18(15)19)20-13-7-9-14(22-3)10-8-13/h4-6,13-14,20H,7-10,19H2,1-3H3/t13-,14-. The Balaban J connectivity index is 1.81. The van der Waals surface area contributed by atoms with Crippen molar-refractivity contribution in [3.8, 4) is 11.1 Å². The number of hydrogen-bond acceptors (Lipinski definition) is 5. The summed E-state index contributed by atoms with van der Waals surface area (Å²) >= 11 is 0. The summed E-state index contributed by atoms with van der Waals surface area (Å²) in [6.45, 7) is 3.86. The number of nitrogens with zero attached hydrogens (tertiary/aromatic N) is 1. The van der Waals surface area contributed by atoms with Gasteiger partial charge in [-0.3, -0.25) is 0 Å². The van der Waals surface area contributed by atoms with Crippen molar-refractivity contribution in [2.45, 2.75) is 51.7 Å². The van der Waals surface area contributed by atoms with Gasteiger partial charge in [0.05, 0.1) is 23.2 Å². The minimum atomic E-state index is 0.402. The van der Waals surface area contributed by atoms with Crippen molar-refractivity contribution in [2.75, 3.05) is 18.2 Å². The second-order valence-electron chi connectivity index (χ2n) is 6.32. The van der Waals surface area contributed by atoms with E-state index in [1.807, 2.05) is 32.0 Å². The minimum absolute atomic E-state index is 0.402. The molecule has 0 amide bonds. The van der Waals surface area contributed by atoms with Gasteiger partial charge in [-0.2, -0.15) is 0 Å². The lowest BCUT2D eigenvalue weighted by Gasteiger charge is -2.29. The van der Waals surface area contributed by atoms with Crippen LogP contribution in [0.15, 0.2) is 22.7 Å². The van der Waals surface area contributed by atoms with E-state index in [0.717, 1.165) is 59.6 Å². The van der Waals surface area contributed by atoms with Crippen LogP contribution in [0.25, 0.3) is 11.1 Å². The lowest BCUT2D eigenvalue weighted by Crippen LogP contribution is -2.29. The van der Waals surface area contributed by atoms with Gasteiger partial charge in [0.25, 0.3) is 0 Å². The fourth-order valence-corrected chi connectivity index (χ4v) is 3.44. The molecule has 0 saturated heterocycles. The Morgan fingerprint density at radius 3 is 2.57 bits per heavy atom. The largest absolute Gasteiger partial charge is 0.397 e. The van der Waals surface area contributed by atoms with Crippen molar-refractivity contribution in [1.82, 2.24) is 5.16 Å². The van der Waals surface area contributed by atoms with Crippen LogP contribution < -0.4 is 11.1 Å². The molecule has 124 valence electrons. The van der Waals surface area contributed by atoms with Crippen molar-refractivity contribution in [2.24, 2.45) is 0 Å². The first-order chi connectivity index (χ1) is 11.1. The maximum atomic E-state index is 6.43. The third-order valence-corrected chi connectivity index (χ3v) is 4.78. The fourth-order valence-electron chi connectivity index (χ4n) is 3.44. The molecule has 0 unspecified atom stereocenters. The molecule has 1 aliphatic carbocycles. The number of hydrogen-bond donors (Lipinski definition) is 2. The molecule has 1 saturated carbocycles. The number of para-hydroxylation sites is 1. The van der Waals surface area contributed by atoms with E-state index in [9.17, 15) is 0 Å². The lowest BCUT2D eigenvalue weighted by atomic mass is 9.92. The first-order valence-electron chi connectivity index (χ1n) is 8.21. The zero-order valence-electron chi connectivity index (χ0n) is 14.1. The molecule has 0 bridgehead atoms. The summed E-state index contributed by atoms with van der Waals surface area (Å²) in [6.07, 6.45) is 4.80. The minimum Gasteiger partial charge on any atom is -0.397 e. The molecule has 2 aromatic rings. The van der Waals surface area contributed by atoms with Crippen molar-refractivity contribution < 1.29 is 9.26 Å². The number of nitrogens with one attached hydrogen (secondary N) is 1. The Labute approximate surface area is 137 Å². The molecule has 0 atom stereocenters. The molecule has 23 heavy (non-hydrogen) atoms. The summed E-state index contributed by atoms with van der Waals surface area (Å²) in [5.41, 5.74) is 11.0. The second kappa shape index (κ2) is 6.62. The van der Waals surface area contributed by atoms with Gasteiger partial charge in [0.1, 0.15) is 5.76 Å². The van der Waals surface area contributed by atoms with Gasteiger partial charge in [0.2, 0.25) is 0 Å². The molecule has 1 aromatic heterocycles. The van der Waals surface area contributed by atoms with Gasteiger partial charge in [0.15, 0.2) is 0 Å². The van der Waals surface area contributed by atoms with E-state index in [0.29, 0.717) is 12.1 Å². The van der Waals surface area contributed by atoms with E-state index in [-0.39, 0.29) is 0 Å². The summed E-state index contributed by atoms with van der Waals surface area (Å²) in [6, 6.07) is 6.54. The Morgan fingerprint density at radius 2 is 1.96 bits per heavy atom. The SMILES string of the molecule is CO[C@H]1CC[C@H](Nc2cccc(-c3c(C)noc3C)c2N)CC1. The molecule has 1 aromatic carbocycles.